The maximum absolute atomic E-state index is 4.36. The lowest BCUT2D eigenvalue weighted by molar-refractivity contribution is 0.845. The minimum atomic E-state index is 0.394. The van der Waals surface area contributed by atoms with Gasteiger partial charge in [-0.25, -0.2) is 4.98 Å². The van der Waals surface area contributed by atoms with E-state index in [4.69, 9.17) is 0 Å². The Morgan fingerprint density at radius 2 is 2.21 bits per heavy atom. The van der Waals surface area contributed by atoms with Crippen molar-refractivity contribution in [3.8, 4) is 0 Å². The zero-order valence-corrected chi connectivity index (χ0v) is 8.65. The molecule has 2 heterocycles. The fourth-order valence-electron chi connectivity index (χ4n) is 1.41. The largest absolute Gasteiger partial charge is 0.368 e. The summed E-state index contributed by atoms with van der Waals surface area (Å²) in [7, 11) is 0. The van der Waals surface area contributed by atoms with Crippen LogP contribution in [0.25, 0.3) is 5.65 Å². The molecule has 14 heavy (non-hydrogen) atoms. The predicted molar refractivity (Wildman–Crippen MR) is 56.5 cm³/mol. The summed E-state index contributed by atoms with van der Waals surface area (Å²) >= 11 is 0. The van der Waals surface area contributed by atoms with Crippen molar-refractivity contribution in [3.63, 3.8) is 0 Å². The third kappa shape index (κ3) is 1.55. The number of fused-ring (bicyclic) bond motifs is 1. The number of rotatable bonds is 2. The average molecular weight is 190 g/mol. The highest BCUT2D eigenvalue weighted by Gasteiger charge is 2.04. The highest BCUT2D eigenvalue weighted by Crippen LogP contribution is 2.11. The highest BCUT2D eigenvalue weighted by molar-refractivity contribution is 5.48. The molecule has 0 unspecified atom stereocenters. The molecule has 1 N–H and O–H groups in total. The van der Waals surface area contributed by atoms with Crippen molar-refractivity contribution in [1.29, 1.82) is 0 Å². The van der Waals surface area contributed by atoms with Gasteiger partial charge in [0.2, 0.25) is 0 Å². The second kappa shape index (κ2) is 3.29. The number of nitrogens with zero attached hydrogens (tertiary/aromatic N) is 3. The maximum atomic E-state index is 4.36. The molecule has 0 spiro atoms. The van der Waals surface area contributed by atoms with E-state index in [0.29, 0.717) is 6.04 Å². The fraction of sp³-hybridized carbons (Fsp3) is 0.400. The second-order valence-corrected chi connectivity index (χ2v) is 3.68. The van der Waals surface area contributed by atoms with Gasteiger partial charge in [-0.3, -0.25) is 0 Å². The van der Waals surface area contributed by atoms with Crippen LogP contribution in [0.15, 0.2) is 18.3 Å². The Morgan fingerprint density at radius 3 is 2.93 bits per heavy atom. The van der Waals surface area contributed by atoms with Crippen LogP contribution < -0.4 is 5.32 Å². The first-order chi connectivity index (χ1) is 6.66. The van der Waals surface area contributed by atoms with Crippen LogP contribution in [0.1, 0.15) is 19.5 Å². The summed E-state index contributed by atoms with van der Waals surface area (Å²) in [6, 6.07) is 4.29. The maximum Gasteiger partial charge on any atom is 0.157 e. The van der Waals surface area contributed by atoms with Gasteiger partial charge in [-0.15, -0.1) is 0 Å². The van der Waals surface area contributed by atoms with Crippen LogP contribution in [0, 0.1) is 6.92 Å². The zero-order valence-electron chi connectivity index (χ0n) is 8.65. The monoisotopic (exact) mass is 190 g/mol. The smallest absolute Gasteiger partial charge is 0.157 e. The van der Waals surface area contributed by atoms with E-state index in [9.17, 15) is 0 Å². The van der Waals surface area contributed by atoms with Gasteiger partial charge in [0.05, 0.1) is 5.69 Å². The number of anilines is 1. The van der Waals surface area contributed by atoms with E-state index >= 15 is 0 Å². The summed E-state index contributed by atoms with van der Waals surface area (Å²) in [6.07, 6.45) is 1.79. The molecule has 4 nitrogen and oxygen atoms in total. The van der Waals surface area contributed by atoms with Gasteiger partial charge in [0.15, 0.2) is 5.65 Å². The van der Waals surface area contributed by atoms with Gasteiger partial charge in [0.25, 0.3) is 0 Å². The zero-order chi connectivity index (χ0) is 10.1. The van der Waals surface area contributed by atoms with E-state index in [1.807, 2.05) is 23.6 Å². The first kappa shape index (κ1) is 8.99. The summed E-state index contributed by atoms with van der Waals surface area (Å²) in [6.45, 7) is 6.17. The van der Waals surface area contributed by atoms with E-state index < -0.39 is 0 Å². The molecule has 0 fully saturated rings. The molecule has 0 amide bonds. The molecule has 4 heteroatoms. The van der Waals surface area contributed by atoms with E-state index in [0.717, 1.165) is 17.2 Å². The van der Waals surface area contributed by atoms with Crippen LogP contribution in [-0.2, 0) is 0 Å². The molecule has 74 valence electrons. The quantitative estimate of drug-likeness (QED) is 0.786. The number of nitrogens with one attached hydrogen (secondary N) is 1. The Kier molecular flexibility index (Phi) is 2.11. The molecule has 0 aliphatic rings. The van der Waals surface area contributed by atoms with Gasteiger partial charge in [-0.2, -0.15) is 9.61 Å². The second-order valence-electron chi connectivity index (χ2n) is 3.68. The third-order valence-electron chi connectivity index (χ3n) is 1.92. The normalized spacial score (nSPS) is 11.1. The Balaban J connectivity index is 2.53. The van der Waals surface area contributed by atoms with Crippen LogP contribution in [0.3, 0.4) is 0 Å². The van der Waals surface area contributed by atoms with E-state index in [1.165, 1.54) is 0 Å². The standard InChI is InChI=1S/C10H14N4/c1-7(2)12-9-4-5-11-10-6-8(3)13-14(9)10/h4-7,12H,1-3H3. The Bertz CT molecular complexity index is 444. The molecule has 0 saturated heterocycles. The molecule has 0 saturated carbocycles. The lowest BCUT2D eigenvalue weighted by Gasteiger charge is -2.10. The molecule has 0 radical (unpaired) electrons. The number of hydrogen-bond acceptors (Lipinski definition) is 3. The van der Waals surface area contributed by atoms with E-state index in [2.05, 4.69) is 29.2 Å². The summed E-state index contributed by atoms with van der Waals surface area (Å²) in [5.74, 6) is 0.984. The number of aryl methyl sites for hydroxylation is 1. The van der Waals surface area contributed by atoms with Crippen LogP contribution in [0.2, 0.25) is 0 Å². The summed E-state index contributed by atoms with van der Waals surface area (Å²) in [5, 5.41) is 7.68. The van der Waals surface area contributed by atoms with Crippen molar-refractivity contribution in [2.24, 2.45) is 0 Å². The summed E-state index contributed by atoms with van der Waals surface area (Å²) < 4.78 is 1.83. The van der Waals surface area contributed by atoms with Crippen LogP contribution in [0.5, 0.6) is 0 Å². The molecular formula is C10H14N4. The lowest BCUT2D eigenvalue weighted by Crippen LogP contribution is -2.13. The molecule has 0 aliphatic heterocycles. The van der Waals surface area contributed by atoms with Gasteiger partial charge in [-0.1, -0.05) is 0 Å². The summed E-state index contributed by atoms with van der Waals surface area (Å²) in [4.78, 5) is 4.23. The minimum Gasteiger partial charge on any atom is -0.368 e. The summed E-state index contributed by atoms with van der Waals surface area (Å²) in [5.41, 5.74) is 1.86. The Hall–Kier alpha value is -1.58. The van der Waals surface area contributed by atoms with Crippen molar-refractivity contribution >= 4 is 11.5 Å². The van der Waals surface area contributed by atoms with E-state index in [1.54, 1.807) is 6.20 Å². The first-order valence-corrected chi connectivity index (χ1v) is 4.75. The van der Waals surface area contributed by atoms with Crippen LogP contribution in [-0.4, -0.2) is 20.6 Å². The van der Waals surface area contributed by atoms with Gasteiger partial charge in [0, 0.05) is 18.3 Å². The fourth-order valence-corrected chi connectivity index (χ4v) is 1.41. The molecule has 0 bridgehead atoms. The van der Waals surface area contributed by atoms with Gasteiger partial charge < -0.3 is 5.32 Å². The van der Waals surface area contributed by atoms with Crippen molar-refractivity contribution in [2.75, 3.05) is 5.32 Å². The number of aromatic nitrogens is 3. The average Bonchev–Trinajstić information content (AvgIpc) is 2.45. The minimum absolute atomic E-state index is 0.394. The third-order valence-corrected chi connectivity index (χ3v) is 1.92. The van der Waals surface area contributed by atoms with Crippen molar-refractivity contribution in [3.05, 3.63) is 24.0 Å². The van der Waals surface area contributed by atoms with Crippen molar-refractivity contribution in [1.82, 2.24) is 14.6 Å². The van der Waals surface area contributed by atoms with E-state index in [-0.39, 0.29) is 0 Å². The lowest BCUT2D eigenvalue weighted by atomic mass is 10.4. The van der Waals surface area contributed by atoms with Gasteiger partial charge >= 0.3 is 0 Å². The van der Waals surface area contributed by atoms with Crippen molar-refractivity contribution < 1.29 is 0 Å². The highest BCUT2D eigenvalue weighted by atomic mass is 15.3. The molecule has 2 aromatic heterocycles. The Labute approximate surface area is 83.0 Å². The molecule has 0 aromatic carbocycles. The topological polar surface area (TPSA) is 42.2 Å². The molecule has 0 aliphatic carbocycles. The Morgan fingerprint density at radius 1 is 1.43 bits per heavy atom. The molecular weight excluding hydrogens is 176 g/mol. The molecule has 0 atom stereocenters. The SMILES string of the molecule is Cc1cc2nccc(NC(C)C)n2n1. The van der Waals surface area contributed by atoms with Crippen molar-refractivity contribution in [2.45, 2.75) is 26.8 Å². The van der Waals surface area contributed by atoms with Gasteiger partial charge in [0.1, 0.15) is 5.82 Å². The molecule has 2 aromatic rings. The van der Waals surface area contributed by atoms with Gasteiger partial charge in [-0.05, 0) is 26.8 Å². The first-order valence-electron chi connectivity index (χ1n) is 4.75. The van der Waals surface area contributed by atoms with Crippen LogP contribution >= 0.6 is 0 Å². The number of hydrogen-bond donors (Lipinski definition) is 1. The predicted octanol–water partition coefficient (Wildman–Crippen LogP) is 1.86. The molecule has 2 rings (SSSR count). The van der Waals surface area contributed by atoms with Crippen LogP contribution in [0.4, 0.5) is 5.82 Å².